The molecule has 12 N–H and O–H groups in total. The standard InChI is InChI=1S/C27H42N8O6/c1-14(2)11-20(33-23(37)18(28)8-6-10-31-27(29)30)24(38)34-21(25(39)35-22(15(3)36)26(40)41)12-16-13-32-19-9-5-4-7-17(16)19/h4-5,7,9,13-15,18,20-22,32,36H,6,8,10-12,28H2,1-3H3,(H,33,37)(H,34,38)(H,35,39)(H,40,41)(H4,29,30,31). The number of aromatic nitrogens is 1. The Morgan fingerprint density at radius 2 is 1.61 bits per heavy atom. The first-order chi connectivity index (χ1) is 19.3. The average Bonchev–Trinajstić information content (AvgIpc) is 3.30. The van der Waals surface area contributed by atoms with Crippen molar-refractivity contribution < 1.29 is 29.4 Å². The molecule has 5 unspecified atom stereocenters. The highest BCUT2D eigenvalue weighted by Gasteiger charge is 2.32. The Morgan fingerprint density at radius 1 is 0.976 bits per heavy atom. The number of carbonyl (C=O) groups excluding carboxylic acids is 3. The Bertz CT molecular complexity index is 1220. The molecule has 1 aromatic carbocycles. The zero-order valence-corrected chi connectivity index (χ0v) is 23.6. The number of nitrogens with one attached hydrogen (secondary N) is 4. The molecule has 0 aliphatic heterocycles. The van der Waals surface area contributed by atoms with Crippen molar-refractivity contribution in [1.82, 2.24) is 20.9 Å². The van der Waals surface area contributed by atoms with Gasteiger partial charge in [0.1, 0.15) is 12.1 Å². The van der Waals surface area contributed by atoms with Crippen LogP contribution in [0.4, 0.5) is 0 Å². The highest BCUT2D eigenvalue weighted by atomic mass is 16.4. The summed E-state index contributed by atoms with van der Waals surface area (Å²) in [6.45, 7) is 5.28. The van der Waals surface area contributed by atoms with E-state index in [-0.39, 0.29) is 31.1 Å². The van der Waals surface area contributed by atoms with E-state index in [2.05, 4.69) is 25.9 Å². The van der Waals surface area contributed by atoms with Crippen molar-refractivity contribution in [3.8, 4) is 0 Å². The summed E-state index contributed by atoms with van der Waals surface area (Å²) in [6, 6.07) is 2.64. The van der Waals surface area contributed by atoms with Gasteiger partial charge in [-0.3, -0.25) is 19.4 Å². The monoisotopic (exact) mass is 574 g/mol. The topological polar surface area (TPSA) is 251 Å². The van der Waals surface area contributed by atoms with Gasteiger partial charge in [-0.25, -0.2) is 4.79 Å². The number of guanidine groups is 1. The minimum absolute atomic E-state index is 0.00309. The molecule has 226 valence electrons. The maximum absolute atomic E-state index is 13.5. The van der Waals surface area contributed by atoms with Crippen LogP contribution >= 0.6 is 0 Å². The predicted octanol–water partition coefficient (Wildman–Crippen LogP) is -0.943. The Labute approximate surface area is 238 Å². The van der Waals surface area contributed by atoms with Crippen LogP contribution in [0.1, 0.15) is 45.6 Å². The summed E-state index contributed by atoms with van der Waals surface area (Å²) in [5.41, 5.74) is 18.1. The molecule has 3 amide bonds. The Morgan fingerprint density at radius 3 is 2.22 bits per heavy atom. The van der Waals surface area contributed by atoms with Gasteiger partial charge >= 0.3 is 5.97 Å². The molecule has 2 rings (SSSR count). The van der Waals surface area contributed by atoms with Crippen LogP contribution < -0.4 is 33.2 Å². The Hall–Kier alpha value is -4.17. The van der Waals surface area contributed by atoms with Gasteiger partial charge in [-0.1, -0.05) is 32.0 Å². The van der Waals surface area contributed by atoms with Gasteiger partial charge in [-0.05, 0) is 43.7 Å². The number of fused-ring (bicyclic) bond motifs is 1. The zero-order chi connectivity index (χ0) is 30.7. The van der Waals surface area contributed by atoms with Gasteiger partial charge in [0.05, 0.1) is 12.1 Å². The van der Waals surface area contributed by atoms with E-state index < -0.39 is 54.0 Å². The van der Waals surface area contributed by atoms with Gasteiger partial charge < -0.3 is 48.3 Å². The van der Waals surface area contributed by atoms with Crippen LogP contribution in [-0.2, 0) is 25.6 Å². The smallest absolute Gasteiger partial charge is 0.328 e. The highest BCUT2D eigenvalue weighted by Crippen LogP contribution is 2.19. The third-order valence-corrected chi connectivity index (χ3v) is 6.42. The second-order valence-electron chi connectivity index (χ2n) is 10.4. The molecule has 0 spiro atoms. The normalized spacial score (nSPS) is 14.9. The van der Waals surface area contributed by atoms with Crippen molar-refractivity contribution in [3.05, 3.63) is 36.0 Å². The van der Waals surface area contributed by atoms with Crippen LogP contribution in [0.25, 0.3) is 10.9 Å². The molecule has 1 aromatic heterocycles. The number of nitrogens with zero attached hydrogens (tertiary/aromatic N) is 1. The number of aliphatic hydroxyl groups excluding tert-OH is 1. The quantitative estimate of drug-likeness (QED) is 0.0680. The third-order valence-electron chi connectivity index (χ3n) is 6.42. The summed E-state index contributed by atoms with van der Waals surface area (Å²) in [4.78, 5) is 58.1. The zero-order valence-electron chi connectivity index (χ0n) is 23.6. The van der Waals surface area contributed by atoms with Crippen LogP contribution in [0.3, 0.4) is 0 Å². The van der Waals surface area contributed by atoms with E-state index >= 15 is 0 Å². The fourth-order valence-corrected chi connectivity index (χ4v) is 4.28. The Kier molecular flexibility index (Phi) is 12.5. The molecular formula is C27H42N8O6. The number of H-pyrrole nitrogens is 1. The minimum atomic E-state index is -1.59. The molecule has 5 atom stereocenters. The molecule has 41 heavy (non-hydrogen) atoms. The van der Waals surface area contributed by atoms with E-state index in [4.69, 9.17) is 17.2 Å². The summed E-state index contributed by atoms with van der Waals surface area (Å²) in [6.07, 6.45) is 1.32. The molecule has 0 aliphatic rings. The third kappa shape index (κ3) is 10.4. The number of aliphatic imine (C=N–C) groups is 1. The summed E-state index contributed by atoms with van der Waals surface area (Å²) < 4.78 is 0. The number of carboxylic acids is 1. The molecule has 1 heterocycles. The largest absolute Gasteiger partial charge is 0.480 e. The summed E-state index contributed by atoms with van der Waals surface area (Å²) >= 11 is 0. The number of amides is 3. The van der Waals surface area contributed by atoms with E-state index in [9.17, 15) is 29.4 Å². The van der Waals surface area contributed by atoms with Crippen molar-refractivity contribution in [2.75, 3.05) is 6.54 Å². The van der Waals surface area contributed by atoms with E-state index in [1.165, 1.54) is 6.92 Å². The number of carbonyl (C=O) groups is 4. The maximum Gasteiger partial charge on any atom is 0.328 e. The van der Waals surface area contributed by atoms with Crippen molar-refractivity contribution in [1.29, 1.82) is 0 Å². The van der Waals surface area contributed by atoms with E-state index in [0.717, 1.165) is 10.9 Å². The number of para-hydroxylation sites is 1. The molecular weight excluding hydrogens is 532 g/mol. The number of hydrogen-bond donors (Lipinski definition) is 9. The number of hydrogen-bond acceptors (Lipinski definition) is 7. The van der Waals surface area contributed by atoms with E-state index in [1.807, 2.05) is 38.1 Å². The minimum Gasteiger partial charge on any atom is -0.480 e. The number of aromatic amines is 1. The van der Waals surface area contributed by atoms with Crippen LogP contribution in [0.15, 0.2) is 35.5 Å². The Balaban J connectivity index is 2.25. The molecule has 0 aliphatic carbocycles. The summed E-state index contributed by atoms with van der Waals surface area (Å²) in [5.74, 6) is -3.48. The van der Waals surface area contributed by atoms with Gasteiger partial charge in [0.25, 0.3) is 0 Å². The lowest BCUT2D eigenvalue weighted by Crippen LogP contribution is -2.59. The molecule has 0 fully saturated rings. The first-order valence-corrected chi connectivity index (χ1v) is 13.5. The highest BCUT2D eigenvalue weighted by molar-refractivity contribution is 5.95. The van der Waals surface area contributed by atoms with Gasteiger partial charge in [-0.2, -0.15) is 0 Å². The lowest BCUT2D eigenvalue weighted by molar-refractivity contribution is -0.145. The maximum atomic E-state index is 13.5. The lowest BCUT2D eigenvalue weighted by atomic mass is 10.00. The molecule has 14 nitrogen and oxygen atoms in total. The predicted molar refractivity (Wildman–Crippen MR) is 154 cm³/mol. The molecule has 0 bridgehead atoms. The first-order valence-electron chi connectivity index (χ1n) is 13.5. The average molecular weight is 575 g/mol. The van der Waals surface area contributed by atoms with Gasteiger partial charge in [-0.15, -0.1) is 0 Å². The fraction of sp³-hybridized carbons (Fsp3) is 0.519. The van der Waals surface area contributed by atoms with Crippen molar-refractivity contribution in [2.45, 2.75) is 76.7 Å². The SMILES string of the molecule is CC(C)CC(NC(=O)C(N)CCCN=C(N)N)C(=O)NC(Cc1c[nH]c2ccccc12)C(=O)NC(C(=O)O)C(C)O. The first kappa shape index (κ1) is 33.0. The van der Waals surface area contributed by atoms with Gasteiger partial charge in [0, 0.05) is 30.1 Å². The van der Waals surface area contributed by atoms with Gasteiger partial charge in [0.15, 0.2) is 12.0 Å². The van der Waals surface area contributed by atoms with Crippen LogP contribution in [0.2, 0.25) is 0 Å². The molecule has 0 saturated heterocycles. The second kappa shape index (κ2) is 15.6. The molecule has 0 radical (unpaired) electrons. The van der Waals surface area contributed by atoms with Gasteiger partial charge in [0.2, 0.25) is 17.7 Å². The fourth-order valence-electron chi connectivity index (χ4n) is 4.28. The van der Waals surface area contributed by atoms with Crippen LogP contribution in [0, 0.1) is 5.92 Å². The summed E-state index contributed by atoms with van der Waals surface area (Å²) in [7, 11) is 0. The van der Waals surface area contributed by atoms with E-state index in [1.54, 1.807) is 6.20 Å². The summed E-state index contributed by atoms with van der Waals surface area (Å²) in [5, 5.41) is 27.8. The van der Waals surface area contributed by atoms with Crippen LogP contribution in [0.5, 0.6) is 0 Å². The number of aliphatic carboxylic acids is 1. The molecule has 2 aromatic rings. The number of nitrogens with two attached hydrogens (primary N) is 3. The second-order valence-corrected chi connectivity index (χ2v) is 10.4. The lowest BCUT2D eigenvalue weighted by Gasteiger charge is -2.26. The van der Waals surface area contributed by atoms with Crippen molar-refractivity contribution in [2.24, 2.45) is 28.1 Å². The number of benzene rings is 1. The number of aliphatic hydroxyl groups is 1. The van der Waals surface area contributed by atoms with Crippen molar-refractivity contribution in [3.63, 3.8) is 0 Å². The number of rotatable bonds is 16. The van der Waals surface area contributed by atoms with Crippen molar-refractivity contribution >= 4 is 40.6 Å². The van der Waals surface area contributed by atoms with Crippen LogP contribution in [-0.4, -0.2) is 81.7 Å². The van der Waals surface area contributed by atoms with E-state index in [0.29, 0.717) is 18.5 Å². The number of carboxylic acid groups (broad SMARTS) is 1. The molecule has 0 saturated carbocycles. The molecule has 14 heteroatoms.